The maximum atomic E-state index is 9.78. The molecule has 0 bridgehead atoms. The third-order valence-corrected chi connectivity index (χ3v) is 6.45. The number of unbranched alkanes of at least 4 members (excludes halogenated alkanes) is 1. The van der Waals surface area contributed by atoms with E-state index in [9.17, 15) is 10.5 Å². The van der Waals surface area contributed by atoms with Gasteiger partial charge in [0.1, 0.15) is 0 Å². The van der Waals surface area contributed by atoms with Gasteiger partial charge in [-0.2, -0.15) is 10.5 Å². The highest BCUT2D eigenvalue weighted by Crippen LogP contribution is 2.23. The van der Waals surface area contributed by atoms with Gasteiger partial charge in [0.15, 0.2) is 0 Å². The Morgan fingerprint density at radius 1 is 0.615 bits per heavy atom. The molecule has 0 saturated heterocycles. The van der Waals surface area contributed by atoms with Crippen LogP contribution in [0.5, 0.6) is 0 Å². The van der Waals surface area contributed by atoms with Gasteiger partial charge in [-0.05, 0) is 71.5 Å². The number of rotatable bonds is 11. The first-order valence-electron chi connectivity index (χ1n) is 14.0. The van der Waals surface area contributed by atoms with Crippen molar-refractivity contribution in [1.29, 1.82) is 10.5 Å². The van der Waals surface area contributed by atoms with E-state index in [0.29, 0.717) is 11.1 Å². The Bertz CT molecular complexity index is 1300. The Labute approximate surface area is 236 Å². The van der Waals surface area contributed by atoms with Gasteiger partial charge in [-0.3, -0.25) is 0 Å². The molecule has 3 aromatic rings. The van der Waals surface area contributed by atoms with E-state index in [2.05, 4.69) is 98.4 Å². The molecule has 0 aliphatic carbocycles. The second-order valence-corrected chi connectivity index (χ2v) is 9.30. The van der Waals surface area contributed by atoms with Crippen molar-refractivity contribution in [3.05, 3.63) is 94.0 Å². The molecule has 3 rings (SSSR count). The van der Waals surface area contributed by atoms with Crippen molar-refractivity contribution >= 4 is 35.7 Å². The Morgan fingerprint density at radius 2 is 1.03 bits per heavy atom. The van der Waals surface area contributed by atoms with E-state index in [1.165, 1.54) is 24.2 Å². The predicted molar refractivity (Wildman–Crippen MR) is 170 cm³/mol. The minimum absolute atomic E-state index is 0.544. The molecule has 0 aromatic heterocycles. The molecule has 3 aromatic carbocycles. The van der Waals surface area contributed by atoms with E-state index in [4.69, 9.17) is 0 Å². The molecule has 0 spiro atoms. The summed E-state index contributed by atoms with van der Waals surface area (Å²) in [6, 6.07) is 24.9. The minimum Gasteiger partial charge on any atom is -0.375 e. The molecule has 0 atom stereocenters. The molecule has 202 valence electrons. The molecular weight excluding hydrogens is 476 g/mol. The molecule has 0 fully saturated rings. The van der Waals surface area contributed by atoms with Gasteiger partial charge in [0.05, 0.1) is 23.3 Å². The molecule has 0 saturated carbocycles. The lowest BCUT2D eigenvalue weighted by atomic mass is 9.97. The molecule has 0 N–H and O–H groups in total. The van der Waals surface area contributed by atoms with Crippen molar-refractivity contribution in [1.82, 2.24) is 0 Å². The van der Waals surface area contributed by atoms with Crippen LogP contribution in [0, 0.1) is 22.7 Å². The number of hydrogen-bond donors (Lipinski definition) is 0. The molecule has 0 aliphatic heterocycles. The summed E-state index contributed by atoms with van der Waals surface area (Å²) in [6.07, 6.45) is 11.2. The molecule has 0 unspecified atom stereocenters. The Kier molecular flexibility index (Phi) is 13.1. The van der Waals surface area contributed by atoms with Gasteiger partial charge in [-0.15, -0.1) is 0 Å². The fourth-order valence-corrected chi connectivity index (χ4v) is 4.14. The third kappa shape index (κ3) is 9.20. The van der Waals surface area contributed by atoms with Crippen molar-refractivity contribution < 1.29 is 0 Å². The van der Waals surface area contributed by atoms with Crippen molar-refractivity contribution in [3.63, 3.8) is 0 Å². The van der Waals surface area contributed by atoms with Crippen LogP contribution in [-0.2, 0) is 0 Å². The predicted octanol–water partition coefficient (Wildman–Crippen LogP) is 8.88. The van der Waals surface area contributed by atoms with Gasteiger partial charge in [0.25, 0.3) is 0 Å². The van der Waals surface area contributed by atoms with E-state index in [1.807, 2.05) is 38.2 Å². The molecule has 4 nitrogen and oxygen atoms in total. The average Bonchev–Trinajstić information content (AvgIpc) is 2.99. The van der Waals surface area contributed by atoms with Crippen molar-refractivity contribution in [2.75, 3.05) is 37.0 Å². The van der Waals surface area contributed by atoms with Crippen LogP contribution in [0.4, 0.5) is 11.4 Å². The quantitative estimate of drug-likeness (QED) is 0.238. The van der Waals surface area contributed by atoms with E-state index in [0.717, 1.165) is 41.8 Å². The van der Waals surface area contributed by atoms with Gasteiger partial charge in [-0.25, -0.2) is 0 Å². The molecular formula is C35H42N4. The standard InChI is InChI=1S/C33H36N4.C2H6/c1-5-7-21-37(4)33-18-12-27(13-19-33)9-15-29-23-30(24-34)28(22-31(29)25-35)14-8-26-10-16-32(17-11-26)36(3)20-6-2;1-2/h8-19,22-23H,5-7,20-21H2,1-4H3;1-2H3/b14-8+,15-9+;. The molecule has 0 aliphatic rings. The monoisotopic (exact) mass is 518 g/mol. The topological polar surface area (TPSA) is 54.1 Å². The number of benzene rings is 3. The number of hydrogen-bond acceptors (Lipinski definition) is 4. The Morgan fingerprint density at radius 3 is 1.38 bits per heavy atom. The second-order valence-electron chi connectivity index (χ2n) is 9.30. The molecule has 0 amide bonds. The summed E-state index contributed by atoms with van der Waals surface area (Å²) < 4.78 is 0. The summed E-state index contributed by atoms with van der Waals surface area (Å²) in [5.74, 6) is 0. The first kappa shape index (κ1) is 30.9. The lowest BCUT2D eigenvalue weighted by Crippen LogP contribution is -2.17. The summed E-state index contributed by atoms with van der Waals surface area (Å²) >= 11 is 0. The smallest absolute Gasteiger partial charge is 0.0998 e. The van der Waals surface area contributed by atoms with Crippen molar-refractivity contribution in [2.24, 2.45) is 0 Å². The SMILES string of the molecule is CC.CCCCN(C)c1ccc(/C=C/c2cc(C#N)c(/C=C/c3ccc(N(C)CCC)cc3)cc2C#N)cc1. The summed E-state index contributed by atoms with van der Waals surface area (Å²) in [5, 5.41) is 19.6. The van der Waals surface area contributed by atoms with Crippen LogP contribution in [0.1, 0.15) is 80.3 Å². The average molecular weight is 519 g/mol. The summed E-state index contributed by atoms with van der Waals surface area (Å²) in [5.41, 5.74) is 7.03. The lowest BCUT2D eigenvalue weighted by Gasteiger charge is -2.18. The Hall–Kier alpha value is -4.28. The molecule has 0 heterocycles. The second kappa shape index (κ2) is 16.5. The van der Waals surface area contributed by atoms with E-state index in [-0.39, 0.29) is 0 Å². The van der Waals surface area contributed by atoms with Crippen LogP contribution in [-0.4, -0.2) is 27.2 Å². The summed E-state index contributed by atoms with van der Waals surface area (Å²) in [4.78, 5) is 4.49. The van der Waals surface area contributed by atoms with Crippen molar-refractivity contribution in [3.8, 4) is 12.1 Å². The van der Waals surface area contributed by atoms with E-state index >= 15 is 0 Å². The molecule has 0 radical (unpaired) electrons. The summed E-state index contributed by atoms with van der Waals surface area (Å²) in [7, 11) is 4.20. The molecule has 39 heavy (non-hydrogen) atoms. The first-order chi connectivity index (χ1) is 19.0. The van der Waals surface area contributed by atoms with Crippen LogP contribution in [0.2, 0.25) is 0 Å². The zero-order valence-electron chi connectivity index (χ0n) is 24.4. The molecule has 4 heteroatoms. The first-order valence-corrected chi connectivity index (χ1v) is 14.0. The Balaban J connectivity index is 0.00000260. The number of nitrogens with zero attached hydrogens (tertiary/aromatic N) is 4. The van der Waals surface area contributed by atoms with Crippen LogP contribution >= 0.6 is 0 Å². The highest BCUT2D eigenvalue weighted by Gasteiger charge is 2.07. The van der Waals surface area contributed by atoms with E-state index < -0.39 is 0 Å². The maximum Gasteiger partial charge on any atom is 0.0998 e. The number of anilines is 2. The van der Waals surface area contributed by atoms with Crippen LogP contribution in [0.25, 0.3) is 24.3 Å². The van der Waals surface area contributed by atoms with Gasteiger partial charge >= 0.3 is 0 Å². The third-order valence-electron chi connectivity index (χ3n) is 6.45. The zero-order valence-corrected chi connectivity index (χ0v) is 24.4. The highest BCUT2D eigenvalue weighted by atomic mass is 15.1. The minimum atomic E-state index is 0.544. The largest absolute Gasteiger partial charge is 0.375 e. The fourth-order valence-electron chi connectivity index (χ4n) is 4.14. The maximum absolute atomic E-state index is 9.78. The van der Waals surface area contributed by atoms with Crippen molar-refractivity contribution in [2.45, 2.75) is 47.0 Å². The van der Waals surface area contributed by atoms with Gasteiger partial charge < -0.3 is 9.80 Å². The van der Waals surface area contributed by atoms with Gasteiger partial charge in [0.2, 0.25) is 0 Å². The lowest BCUT2D eigenvalue weighted by molar-refractivity contribution is 0.767. The van der Waals surface area contributed by atoms with Crippen LogP contribution in [0.15, 0.2) is 60.7 Å². The normalized spacial score (nSPS) is 10.6. The zero-order chi connectivity index (χ0) is 28.6. The van der Waals surface area contributed by atoms with Crippen LogP contribution in [0.3, 0.4) is 0 Å². The van der Waals surface area contributed by atoms with Crippen LogP contribution < -0.4 is 9.80 Å². The van der Waals surface area contributed by atoms with E-state index in [1.54, 1.807) is 12.1 Å². The number of nitriles is 2. The van der Waals surface area contributed by atoms with Gasteiger partial charge in [0, 0.05) is 38.6 Å². The fraction of sp³-hybridized carbons (Fsp3) is 0.314. The van der Waals surface area contributed by atoms with Gasteiger partial charge in [-0.1, -0.05) is 82.7 Å². The highest BCUT2D eigenvalue weighted by molar-refractivity contribution is 5.79. The summed E-state index contributed by atoms with van der Waals surface area (Å²) in [6.45, 7) is 10.4.